The van der Waals surface area contributed by atoms with Gasteiger partial charge < -0.3 is 9.47 Å². The van der Waals surface area contributed by atoms with E-state index in [2.05, 4.69) is 15.5 Å². The van der Waals surface area contributed by atoms with Crippen molar-refractivity contribution in [2.75, 3.05) is 18.6 Å². The zero-order chi connectivity index (χ0) is 18.2. The number of anilines is 1. The molecule has 1 heterocycles. The standard InChI is InChI=1S/C16H17F2N3O3S/c1-3-23-11-6-13(17)12(14(18)7-11)8-19-21-16-20-10(9-25-16)5-15(22)24-4-2/h6-9H,3-5H2,1-2H3,(H,20,21). The van der Waals surface area contributed by atoms with Gasteiger partial charge in [0.25, 0.3) is 0 Å². The number of rotatable bonds is 8. The average Bonchev–Trinajstić information content (AvgIpc) is 2.98. The van der Waals surface area contributed by atoms with Gasteiger partial charge >= 0.3 is 5.97 Å². The molecule has 134 valence electrons. The Balaban J connectivity index is 1.99. The first kappa shape index (κ1) is 18.8. The van der Waals surface area contributed by atoms with Crippen LogP contribution >= 0.6 is 11.3 Å². The number of carbonyl (C=O) groups excluding carboxylic acids is 1. The van der Waals surface area contributed by atoms with Gasteiger partial charge in [0.05, 0.1) is 37.1 Å². The highest BCUT2D eigenvalue weighted by Gasteiger charge is 2.11. The smallest absolute Gasteiger partial charge is 0.311 e. The van der Waals surface area contributed by atoms with Crippen LogP contribution < -0.4 is 10.2 Å². The molecule has 0 amide bonds. The number of carbonyl (C=O) groups is 1. The van der Waals surface area contributed by atoms with Gasteiger partial charge in [0.15, 0.2) is 0 Å². The number of thiazole rings is 1. The van der Waals surface area contributed by atoms with Gasteiger partial charge in [0.1, 0.15) is 17.4 Å². The third-order valence-electron chi connectivity index (χ3n) is 2.90. The minimum absolute atomic E-state index is 0.0535. The number of nitrogens with one attached hydrogen (secondary N) is 1. The molecule has 1 N–H and O–H groups in total. The summed E-state index contributed by atoms with van der Waals surface area (Å²) in [6.45, 7) is 4.06. The van der Waals surface area contributed by atoms with Crippen molar-refractivity contribution in [3.63, 3.8) is 0 Å². The highest BCUT2D eigenvalue weighted by Crippen LogP contribution is 2.20. The Morgan fingerprint density at radius 1 is 1.32 bits per heavy atom. The van der Waals surface area contributed by atoms with Gasteiger partial charge in [-0.25, -0.2) is 13.8 Å². The van der Waals surface area contributed by atoms with Gasteiger partial charge in [-0.05, 0) is 13.8 Å². The first-order valence-electron chi connectivity index (χ1n) is 7.54. The van der Waals surface area contributed by atoms with Crippen molar-refractivity contribution in [3.8, 4) is 5.75 Å². The van der Waals surface area contributed by atoms with E-state index >= 15 is 0 Å². The lowest BCUT2D eigenvalue weighted by molar-refractivity contribution is -0.142. The lowest BCUT2D eigenvalue weighted by Crippen LogP contribution is -2.07. The van der Waals surface area contributed by atoms with Crippen molar-refractivity contribution in [3.05, 3.63) is 40.4 Å². The molecule has 2 aromatic rings. The second-order valence-corrected chi connectivity index (χ2v) is 5.59. The fourth-order valence-corrected chi connectivity index (χ4v) is 2.54. The lowest BCUT2D eigenvalue weighted by atomic mass is 10.2. The van der Waals surface area contributed by atoms with Crippen molar-refractivity contribution >= 4 is 28.7 Å². The largest absolute Gasteiger partial charge is 0.494 e. The molecule has 0 bridgehead atoms. The Morgan fingerprint density at radius 2 is 2.04 bits per heavy atom. The molecule has 0 radical (unpaired) electrons. The minimum Gasteiger partial charge on any atom is -0.494 e. The summed E-state index contributed by atoms with van der Waals surface area (Å²) in [4.78, 5) is 15.5. The van der Waals surface area contributed by atoms with E-state index in [0.717, 1.165) is 18.3 Å². The van der Waals surface area contributed by atoms with Gasteiger partial charge in [-0.2, -0.15) is 5.10 Å². The maximum absolute atomic E-state index is 13.9. The summed E-state index contributed by atoms with van der Waals surface area (Å²) in [6.07, 6.45) is 1.07. The molecule has 0 spiro atoms. The van der Waals surface area contributed by atoms with Crippen molar-refractivity contribution in [1.29, 1.82) is 0 Å². The van der Waals surface area contributed by atoms with E-state index < -0.39 is 11.6 Å². The summed E-state index contributed by atoms with van der Waals surface area (Å²) in [5.74, 6) is -1.82. The highest BCUT2D eigenvalue weighted by atomic mass is 32.1. The molecular weight excluding hydrogens is 352 g/mol. The number of aromatic nitrogens is 1. The number of halogens is 2. The van der Waals surface area contributed by atoms with Crippen molar-refractivity contribution in [2.45, 2.75) is 20.3 Å². The monoisotopic (exact) mass is 369 g/mol. The van der Waals surface area contributed by atoms with E-state index in [0.29, 0.717) is 24.0 Å². The zero-order valence-corrected chi connectivity index (χ0v) is 14.5. The van der Waals surface area contributed by atoms with Crippen molar-refractivity contribution < 1.29 is 23.0 Å². The van der Waals surface area contributed by atoms with Crippen molar-refractivity contribution in [2.24, 2.45) is 5.10 Å². The van der Waals surface area contributed by atoms with Crippen LogP contribution in [0, 0.1) is 11.6 Å². The molecule has 2 rings (SSSR count). The van der Waals surface area contributed by atoms with Crippen LogP contribution in [-0.2, 0) is 16.0 Å². The van der Waals surface area contributed by atoms with Gasteiger partial charge in [0.2, 0.25) is 5.13 Å². The molecule has 1 aromatic heterocycles. The third-order valence-corrected chi connectivity index (χ3v) is 3.70. The second-order valence-electron chi connectivity index (χ2n) is 4.73. The van der Waals surface area contributed by atoms with Crippen LogP contribution in [0.2, 0.25) is 0 Å². The Kier molecular flexibility index (Phi) is 6.81. The SMILES string of the molecule is CCOC(=O)Cc1csc(NN=Cc2c(F)cc(OCC)cc2F)n1. The number of hydrogen-bond acceptors (Lipinski definition) is 7. The molecule has 0 aliphatic heterocycles. The molecule has 9 heteroatoms. The molecule has 0 saturated carbocycles. The average molecular weight is 369 g/mol. The third kappa shape index (κ3) is 5.49. The van der Waals surface area contributed by atoms with E-state index in [-0.39, 0.29) is 23.7 Å². The number of hydrogen-bond donors (Lipinski definition) is 1. The van der Waals surface area contributed by atoms with Crippen LogP contribution in [0.1, 0.15) is 25.1 Å². The van der Waals surface area contributed by atoms with E-state index in [1.165, 1.54) is 11.3 Å². The number of benzene rings is 1. The summed E-state index contributed by atoms with van der Waals surface area (Å²) in [7, 11) is 0. The predicted molar refractivity (Wildman–Crippen MR) is 91.2 cm³/mol. The molecule has 6 nitrogen and oxygen atoms in total. The quantitative estimate of drug-likeness (QED) is 0.439. The molecule has 0 aliphatic carbocycles. The zero-order valence-electron chi connectivity index (χ0n) is 13.7. The molecule has 1 aromatic carbocycles. The van der Waals surface area contributed by atoms with Crippen LogP contribution in [0.3, 0.4) is 0 Å². The molecule has 0 atom stereocenters. The van der Waals surface area contributed by atoms with E-state index in [1.54, 1.807) is 19.2 Å². The van der Waals surface area contributed by atoms with Crippen LogP contribution in [0.15, 0.2) is 22.6 Å². The van der Waals surface area contributed by atoms with Crippen LogP contribution in [0.4, 0.5) is 13.9 Å². The minimum atomic E-state index is -0.781. The molecule has 0 aliphatic rings. The van der Waals surface area contributed by atoms with Crippen molar-refractivity contribution in [1.82, 2.24) is 4.98 Å². The fourth-order valence-electron chi connectivity index (χ4n) is 1.89. The molecular formula is C16H17F2N3O3S. The fraction of sp³-hybridized carbons (Fsp3) is 0.312. The van der Waals surface area contributed by atoms with Gasteiger partial charge in [0, 0.05) is 17.5 Å². The van der Waals surface area contributed by atoms with Crippen LogP contribution in [0.5, 0.6) is 5.75 Å². The van der Waals surface area contributed by atoms with E-state index in [4.69, 9.17) is 9.47 Å². The summed E-state index contributed by atoms with van der Waals surface area (Å²) >= 11 is 1.21. The summed E-state index contributed by atoms with van der Waals surface area (Å²) < 4.78 is 37.6. The summed E-state index contributed by atoms with van der Waals surface area (Å²) in [5.41, 5.74) is 2.81. The summed E-state index contributed by atoms with van der Waals surface area (Å²) in [6, 6.07) is 2.18. The van der Waals surface area contributed by atoms with Gasteiger partial charge in [-0.15, -0.1) is 11.3 Å². The number of hydrazone groups is 1. The molecule has 25 heavy (non-hydrogen) atoms. The highest BCUT2D eigenvalue weighted by molar-refractivity contribution is 7.13. The maximum Gasteiger partial charge on any atom is 0.311 e. The predicted octanol–water partition coefficient (Wildman–Crippen LogP) is 3.37. The first-order chi connectivity index (χ1) is 12.0. The number of ether oxygens (including phenoxy) is 2. The Morgan fingerprint density at radius 3 is 2.68 bits per heavy atom. The molecule has 0 saturated heterocycles. The topological polar surface area (TPSA) is 72.8 Å². The molecule has 0 unspecified atom stereocenters. The maximum atomic E-state index is 13.9. The van der Waals surface area contributed by atoms with Gasteiger partial charge in [-0.3, -0.25) is 10.2 Å². The Bertz CT molecular complexity index is 742. The van der Waals surface area contributed by atoms with E-state index in [9.17, 15) is 13.6 Å². The van der Waals surface area contributed by atoms with E-state index in [1.807, 2.05) is 0 Å². The van der Waals surface area contributed by atoms with Crippen LogP contribution in [-0.4, -0.2) is 30.4 Å². The molecule has 0 fully saturated rings. The first-order valence-corrected chi connectivity index (χ1v) is 8.42. The Hall–Kier alpha value is -2.55. The number of esters is 1. The lowest BCUT2D eigenvalue weighted by Gasteiger charge is -2.05. The Labute approximate surface area is 147 Å². The summed E-state index contributed by atoms with van der Waals surface area (Å²) in [5, 5.41) is 5.84. The normalized spacial score (nSPS) is 10.9. The number of nitrogens with zero attached hydrogens (tertiary/aromatic N) is 2. The van der Waals surface area contributed by atoms with Gasteiger partial charge in [-0.1, -0.05) is 0 Å². The van der Waals surface area contributed by atoms with Crippen LogP contribution in [0.25, 0.3) is 0 Å². The second kappa shape index (κ2) is 9.07.